The number of aromatic nitrogens is 1. The molecule has 17 heavy (non-hydrogen) atoms. The summed E-state index contributed by atoms with van der Waals surface area (Å²) in [6, 6.07) is 8.61. The van der Waals surface area contributed by atoms with Gasteiger partial charge in [0.05, 0.1) is 5.69 Å². The maximum Gasteiger partial charge on any atom is 0.149 e. The molecule has 2 aromatic rings. The zero-order chi connectivity index (χ0) is 12.3. The highest BCUT2D eigenvalue weighted by Gasteiger charge is 2.11. The molecule has 0 aliphatic carbocycles. The number of pyridine rings is 1. The normalized spacial score (nSPS) is 9.71. The molecule has 0 saturated heterocycles. The van der Waals surface area contributed by atoms with E-state index in [1.54, 1.807) is 30.6 Å². The molecule has 0 bridgehead atoms. The monoisotopic (exact) mass is 246 g/mol. The second-order valence-electron chi connectivity index (χ2n) is 3.32. The van der Waals surface area contributed by atoms with E-state index >= 15 is 0 Å². The van der Waals surface area contributed by atoms with Crippen LogP contribution < -0.4 is 5.32 Å². The Kier molecular flexibility index (Phi) is 3.27. The van der Waals surface area contributed by atoms with Gasteiger partial charge in [0, 0.05) is 34.6 Å². The summed E-state index contributed by atoms with van der Waals surface area (Å²) in [5, 5.41) is 2.85. The summed E-state index contributed by atoms with van der Waals surface area (Å²) in [7, 11) is 0. The summed E-state index contributed by atoms with van der Waals surface area (Å²) in [4.78, 5) is 3.98. The van der Waals surface area contributed by atoms with Gasteiger partial charge in [0.15, 0.2) is 0 Å². The molecule has 4 heteroatoms. The van der Waals surface area contributed by atoms with Crippen LogP contribution in [0.4, 0.5) is 10.1 Å². The molecule has 0 fully saturated rings. The van der Waals surface area contributed by atoms with Crippen LogP contribution in [-0.2, 0) is 0 Å². The van der Waals surface area contributed by atoms with Crippen LogP contribution in [-0.4, -0.2) is 4.98 Å². The lowest BCUT2D eigenvalue weighted by Crippen LogP contribution is -1.96. The van der Waals surface area contributed by atoms with E-state index in [0.29, 0.717) is 10.6 Å². The average Bonchev–Trinajstić information content (AvgIpc) is 2.33. The van der Waals surface area contributed by atoms with Crippen molar-refractivity contribution in [1.82, 2.24) is 4.98 Å². The predicted octanol–water partition coefficient (Wildman–Crippen LogP) is 3.54. The SMILES string of the molecule is C#CNc1c(F)cc(Cl)cc1-c1cccnc1. The highest BCUT2D eigenvalue weighted by Crippen LogP contribution is 2.32. The number of terminal acetylenes is 1. The van der Waals surface area contributed by atoms with E-state index in [4.69, 9.17) is 18.0 Å². The first-order valence-electron chi connectivity index (χ1n) is 4.83. The Morgan fingerprint density at radius 2 is 2.24 bits per heavy atom. The van der Waals surface area contributed by atoms with Gasteiger partial charge in [0.1, 0.15) is 5.82 Å². The van der Waals surface area contributed by atoms with E-state index in [1.165, 1.54) is 6.07 Å². The fourth-order valence-corrected chi connectivity index (χ4v) is 1.73. The molecule has 0 unspecified atom stereocenters. The van der Waals surface area contributed by atoms with Crippen molar-refractivity contribution < 1.29 is 4.39 Å². The largest absolute Gasteiger partial charge is 0.312 e. The molecule has 0 atom stereocenters. The minimum atomic E-state index is -0.491. The standard InChI is InChI=1S/C13H8ClFN2/c1-2-17-13-11(6-10(14)7-12(13)15)9-4-3-5-16-8-9/h1,3-8,17H. The van der Waals surface area contributed by atoms with Gasteiger partial charge in [0.25, 0.3) is 0 Å². The van der Waals surface area contributed by atoms with Crippen molar-refractivity contribution in [3.63, 3.8) is 0 Å². The minimum Gasteiger partial charge on any atom is -0.312 e. The second-order valence-corrected chi connectivity index (χ2v) is 3.76. The van der Waals surface area contributed by atoms with Gasteiger partial charge in [-0.2, -0.15) is 0 Å². The van der Waals surface area contributed by atoms with Crippen LogP contribution in [0.25, 0.3) is 11.1 Å². The smallest absolute Gasteiger partial charge is 0.149 e. The van der Waals surface area contributed by atoms with E-state index in [0.717, 1.165) is 5.56 Å². The van der Waals surface area contributed by atoms with Crippen LogP contribution in [0.3, 0.4) is 0 Å². The lowest BCUT2D eigenvalue weighted by Gasteiger charge is -2.10. The fraction of sp³-hybridized carbons (Fsp3) is 0. The summed E-state index contributed by atoms with van der Waals surface area (Å²) >= 11 is 5.83. The van der Waals surface area contributed by atoms with Gasteiger partial charge >= 0.3 is 0 Å². The molecule has 1 N–H and O–H groups in total. The van der Waals surface area contributed by atoms with Crippen molar-refractivity contribution in [3.05, 3.63) is 47.5 Å². The van der Waals surface area contributed by atoms with Gasteiger partial charge < -0.3 is 5.32 Å². The molecule has 0 amide bonds. The van der Waals surface area contributed by atoms with Gasteiger partial charge in [-0.3, -0.25) is 4.98 Å². The number of hydrogen-bond donors (Lipinski definition) is 1. The van der Waals surface area contributed by atoms with E-state index in [9.17, 15) is 4.39 Å². The van der Waals surface area contributed by atoms with Crippen LogP contribution in [0.1, 0.15) is 0 Å². The molecule has 2 nitrogen and oxygen atoms in total. The number of benzene rings is 1. The molecule has 1 heterocycles. The van der Waals surface area contributed by atoms with Crippen molar-refractivity contribution in [2.45, 2.75) is 0 Å². The Morgan fingerprint density at radius 3 is 2.88 bits per heavy atom. The van der Waals surface area contributed by atoms with Gasteiger partial charge in [0.2, 0.25) is 0 Å². The average molecular weight is 247 g/mol. The first-order valence-corrected chi connectivity index (χ1v) is 5.21. The van der Waals surface area contributed by atoms with Crippen molar-refractivity contribution in [2.75, 3.05) is 5.32 Å². The predicted molar refractivity (Wildman–Crippen MR) is 67.1 cm³/mol. The Bertz CT molecular complexity index is 576. The number of rotatable bonds is 2. The molecule has 0 radical (unpaired) electrons. The number of nitrogens with one attached hydrogen (secondary N) is 1. The topological polar surface area (TPSA) is 24.9 Å². The lowest BCUT2D eigenvalue weighted by molar-refractivity contribution is 0.632. The number of anilines is 1. The Balaban J connectivity index is 2.64. The van der Waals surface area contributed by atoms with Crippen LogP contribution in [0.15, 0.2) is 36.7 Å². The Hall–Kier alpha value is -2.05. The highest BCUT2D eigenvalue weighted by atomic mass is 35.5. The van der Waals surface area contributed by atoms with Gasteiger partial charge in [-0.05, 0) is 18.2 Å². The number of nitrogens with zero attached hydrogens (tertiary/aromatic N) is 1. The third kappa shape index (κ3) is 2.38. The van der Waals surface area contributed by atoms with Gasteiger partial charge in [-0.25, -0.2) is 4.39 Å². The molecule has 0 spiro atoms. The summed E-state index contributed by atoms with van der Waals surface area (Å²) in [6.07, 6.45) is 8.39. The van der Waals surface area contributed by atoms with Crippen LogP contribution in [0, 0.1) is 18.3 Å². The van der Waals surface area contributed by atoms with E-state index in [-0.39, 0.29) is 5.69 Å². The summed E-state index contributed by atoms with van der Waals surface area (Å²) in [5.41, 5.74) is 1.55. The molecule has 0 aliphatic rings. The van der Waals surface area contributed by atoms with Crippen LogP contribution in [0.5, 0.6) is 0 Å². The van der Waals surface area contributed by atoms with Crippen molar-refractivity contribution in [1.29, 1.82) is 0 Å². The van der Waals surface area contributed by atoms with Crippen LogP contribution in [0.2, 0.25) is 5.02 Å². The molecule has 0 saturated carbocycles. The molecular weight excluding hydrogens is 239 g/mol. The zero-order valence-electron chi connectivity index (χ0n) is 8.74. The summed E-state index contributed by atoms with van der Waals surface area (Å²) in [5.74, 6) is -0.491. The van der Waals surface area contributed by atoms with Gasteiger partial charge in [-0.1, -0.05) is 24.1 Å². The van der Waals surface area contributed by atoms with Crippen molar-refractivity contribution in [2.24, 2.45) is 0 Å². The second kappa shape index (κ2) is 4.86. The highest BCUT2D eigenvalue weighted by molar-refractivity contribution is 6.31. The van der Waals surface area contributed by atoms with Crippen LogP contribution >= 0.6 is 11.6 Å². The fourth-order valence-electron chi connectivity index (χ4n) is 1.52. The third-order valence-electron chi connectivity index (χ3n) is 2.22. The summed E-state index contributed by atoms with van der Waals surface area (Å²) < 4.78 is 13.7. The number of halogens is 2. The summed E-state index contributed by atoms with van der Waals surface area (Å²) in [6.45, 7) is 0. The molecule has 1 aromatic heterocycles. The zero-order valence-corrected chi connectivity index (χ0v) is 9.50. The van der Waals surface area contributed by atoms with E-state index in [2.05, 4.69) is 16.3 Å². The number of hydrogen-bond acceptors (Lipinski definition) is 2. The molecule has 84 valence electrons. The Morgan fingerprint density at radius 1 is 1.41 bits per heavy atom. The van der Waals surface area contributed by atoms with E-state index < -0.39 is 5.82 Å². The third-order valence-corrected chi connectivity index (χ3v) is 2.44. The maximum absolute atomic E-state index is 13.7. The van der Waals surface area contributed by atoms with Crippen molar-refractivity contribution in [3.8, 4) is 23.6 Å². The maximum atomic E-state index is 13.7. The van der Waals surface area contributed by atoms with Crippen molar-refractivity contribution >= 4 is 17.3 Å². The molecule has 1 aromatic carbocycles. The first-order chi connectivity index (χ1) is 8.22. The first kappa shape index (κ1) is 11.4. The molecule has 0 aliphatic heterocycles. The molecular formula is C13H8ClFN2. The molecule has 2 rings (SSSR count). The minimum absolute atomic E-state index is 0.227. The Labute approximate surface area is 103 Å². The van der Waals surface area contributed by atoms with Gasteiger partial charge in [-0.15, -0.1) is 0 Å². The quantitative estimate of drug-likeness (QED) is 0.648. The van der Waals surface area contributed by atoms with E-state index in [1.807, 2.05) is 0 Å². The lowest BCUT2D eigenvalue weighted by atomic mass is 10.1.